The third kappa shape index (κ3) is 3.00. The number of ether oxygens (including phenoxy) is 1. The van der Waals surface area contributed by atoms with Gasteiger partial charge in [0, 0.05) is 10.6 Å². The lowest BCUT2D eigenvalue weighted by atomic mass is 10.1. The van der Waals surface area contributed by atoms with Crippen LogP contribution in [0, 0.1) is 0 Å². The highest BCUT2D eigenvalue weighted by Gasteiger charge is 2.16. The molecule has 0 bridgehead atoms. The Balaban J connectivity index is 3.16. The molecule has 0 saturated heterocycles. The number of rotatable bonds is 3. The summed E-state index contributed by atoms with van der Waals surface area (Å²) in [5, 5.41) is 10.4. The van der Waals surface area contributed by atoms with Crippen LogP contribution in [-0.4, -0.2) is 11.2 Å². The lowest BCUT2D eigenvalue weighted by molar-refractivity contribution is 0.197. The summed E-state index contributed by atoms with van der Waals surface area (Å²) in [4.78, 5) is 0. The van der Waals surface area contributed by atoms with Crippen LogP contribution in [0.2, 0.25) is 10.0 Å². The van der Waals surface area contributed by atoms with E-state index in [9.17, 15) is 5.11 Å². The van der Waals surface area contributed by atoms with E-state index in [1.165, 1.54) is 0 Å². The summed E-state index contributed by atoms with van der Waals surface area (Å²) in [5.74, 6) is 0.548. The molecule has 0 amide bonds. The molecule has 4 heteroatoms. The fourth-order valence-corrected chi connectivity index (χ4v) is 2.01. The molecule has 15 heavy (non-hydrogen) atoms. The molecule has 0 radical (unpaired) electrons. The van der Waals surface area contributed by atoms with Crippen LogP contribution in [-0.2, 0) is 0 Å². The lowest BCUT2D eigenvalue weighted by Crippen LogP contribution is -2.07. The number of hydrogen-bond acceptors (Lipinski definition) is 2. The van der Waals surface area contributed by atoms with Gasteiger partial charge in [0.15, 0.2) is 0 Å². The van der Waals surface area contributed by atoms with Gasteiger partial charge in [-0.2, -0.15) is 0 Å². The lowest BCUT2D eigenvalue weighted by Gasteiger charge is -2.16. The van der Waals surface area contributed by atoms with E-state index in [4.69, 9.17) is 27.9 Å². The molecule has 1 aromatic carbocycles. The minimum Gasteiger partial charge on any atom is -0.489 e. The number of hydrogen-bond donors (Lipinski definition) is 1. The summed E-state index contributed by atoms with van der Waals surface area (Å²) in [6.07, 6.45) is -0.675. The van der Waals surface area contributed by atoms with Crippen LogP contribution in [0.3, 0.4) is 0 Å². The zero-order chi connectivity index (χ0) is 11.6. The molecule has 1 unspecified atom stereocenters. The van der Waals surface area contributed by atoms with Gasteiger partial charge in [-0.15, -0.1) is 0 Å². The topological polar surface area (TPSA) is 29.5 Å². The van der Waals surface area contributed by atoms with Gasteiger partial charge in [-0.3, -0.25) is 0 Å². The van der Waals surface area contributed by atoms with Crippen molar-refractivity contribution in [1.82, 2.24) is 0 Å². The second-order valence-corrected chi connectivity index (χ2v) is 4.40. The number of aliphatic hydroxyl groups is 1. The van der Waals surface area contributed by atoms with Gasteiger partial charge >= 0.3 is 0 Å². The van der Waals surface area contributed by atoms with Gasteiger partial charge in [-0.25, -0.2) is 0 Å². The molecule has 0 heterocycles. The van der Waals surface area contributed by atoms with E-state index in [1.807, 2.05) is 13.8 Å². The van der Waals surface area contributed by atoms with Crippen LogP contribution in [0.5, 0.6) is 5.75 Å². The second-order valence-electron chi connectivity index (χ2n) is 3.62. The molecule has 0 saturated carbocycles. The van der Waals surface area contributed by atoms with Crippen molar-refractivity contribution >= 4 is 23.2 Å². The van der Waals surface area contributed by atoms with Gasteiger partial charge in [0.2, 0.25) is 0 Å². The first-order valence-electron chi connectivity index (χ1n) is 4.76. The fourth-order valence-electron chi connectivity index (χ4n) is 1.28. The second kappa shape index (κ2) is 5.06. The molecular weight excluding hydrogens is 235 g/mol. The van der Waals surface area contributed by atoms with E-state index in [1.54, 1.807) is 19.1 Å². The van der Waals surface area contributed by atoms with Gasteiger partial charge in [0.25, 0.3) is 0 Å². The average molecular weight is 249 g/mol. The Bertz CT molecular complexity index is 349. The molecule has 2 nitrogen and oxygen atoms in total. The Morgan fingerprint density at radius 1 is 1.20 bits per heavy atom. The van der Waals surface area contributed by atoms with Crippen molar-refractivity contribution in [3.63, 3.8) is 0 Å². The average Bonchev–Trinajstić information content (AvgIpc) is 2.09. The van der Waals surface area contributed by atoms with Gasteiger partial charge in [-0.1, -0.05) is 23.2 Å². The molecule has 84 valence electrons. The summed E-state index contributed by atoms with van der Waals surface area (Å²) in [6, 6.07) is 3.38. The highest BCUT2D eigenvalue weighted by Crippen LogP contribution is 2.37. The Morgan fingerprint density at radius 3 is 2.27 bits per heavy atom. The third-order valence-corrected chi connectivity index (χ3v) is 2.59. The van der Waals surface area contributed by atoms with E-state index in [2.05, 4.69) is 0 Å². The maximum absolute atomic E-state index is 9.52. The molecule has 1 atom stereocenters. The minimum absolute atomic E-state index is 0.0329. The first kappa shape index (κ1) is 12.6. The van der Waals surface area contributed by atoms with Gasteiger partial charge in [0.1, 0.15) is 5.75 Å². The summed E-state index contributed by atoms with van der Waals surface area (Å²) in [5.41, 5.74) is 0.511. The van der Waals surface area contributed by atoms with Crippen molar-refractivity contribution in [3.05, 3.63) is 27.7 Å². The van der Waals surface area contributed by atoms with E-state index in [-0.39, 0.29) is 6.10 Å². The molecule has 1 aromatic rings. The Hall–Kier alpha value is -0.440. The van der Waals surface area contributed by atoms with Crippen LogP contribution in [0.15, 0.2) is 12.1 Å². The Morgan fingerprint density at radius 2 is 1.80 bits per heavy atom. The van der Waals surface area contributed by atoms with Gasteiger partial charge in [0.05, 0.1) is 17.2 Å². The van der Waals surface area contributed by atoms with Crippen molar-refractivity contribution < 1.29 is 9.84 Å². The summed E-state index contributed by atoms with van der Waals surface area (Å²) >= 11 is 12.0. The SMILES string of the molecule is CC(C)Oc1ccc(Cl)c(C(C)O)c1Cl. The standard InChI is InChI=1S/C11H14Cl2O2/c1-6(2)15-9-5-4-8(12)10(7(3)14)11(9)13/h4-7,14H,1-3H3. The molecule has 0 spiro atoms. The fraction of sp³-hybridized carbons (Fsp3) is 0.455. The number of halogens is 2. The molecule has 0 aliphatic heterocycles. The zero-order valence-electron chi connectivity index (χ0n) is 8.92. The van der Waals surface area contributed by atoms with Crippen molar-refractivity contribution in [3.8, 4) is 5.75 Å². The molecule has 0 aromatic heterocycles. The van der Waals surface area contributed by atoms with E-state index in [0.29, 0.717) is 21.4 Å². The Labute approximate surface area is 99.8 Å². The van der Waals surface area contributed by atoms with Crippen molar-refractivity contribution in [2.45, 2.75) is 33.0 Å². The largest absolute Gasteiger partial charge is 0.489 e. The highest BCUT2D eigenvalue weighted by atomic mass is 35.5. The summed E-state index contributed by atoms with van der Waals surface area (Å²) < 4.78 is 5.49. The monoisotopic (exact) mass is 248 g/mol. The van der Waals surface area contributed by atoms with Crippen LogP contribution in [0.1, 0.15) is 32.4 Å². The predicted octanol–water partition coefficient (Wildman–Crippen LogP) is 3.83. The van der Waals surface area contributed by atoms with Crippen molar-refractivity contribution in [1.29, 1.82) is 0 Å². The zero-order valence-corrected chi connectivity index (χ0v) is 10.4. The van der Waals surface area contributed by atoms with E-state index < -0.39 is 6.10 Å². The van der Waals surface area contributed by atoms with Gasteiger partial charge in [-0.05, 0) is 32.9 Å². The quantitative estimate of drug-likeness (QED) is 0.881. The minimum atomic E-state index is -0.708. The molecule has 1 N–H and O–H groups in total. The van der Waals surface area contributed by atoms with Gasteiger partial charge < -0.3 is 9.84 Å². The van der Waals surface area contributed by atoms with Crippen LogP contribution < -0.4 is 4.74 Å². The first-order valence-corrected chi connectivity index (χ1v) is 5.51. The van der Waals surface area contributed by atoms with Crippen LogP contribution in [0.4, 0.5) is 0 Å². The Kier molecular flexibility index (Phi) is 4.26. The maximum Gasteiger partial charge on any atom is 0.138 e. The number of aliphatic hydroxyl groups excluding tert-OH is 1. The smallest absolute Gasteiger partial charge is 0.138 e. The molecule has 0 aliphatic carbocycles. The normalized spacial score (nSPS) is 13.0. The maximum atomic E-state index is 9.52. The number of benzene rings is 1. The first-order chi connectivity index (χ1) is 6.93. The van der Waals surface area contributed by atoms with Crippen LogP contribution in [0.25, 0.3) is 0 Å². The van der Waals surface area contributed by atoms with E-state index >= 15 is 0 Å². The molecule has 0 aliphatic rings. The summed E-state index contributed by atoms with van der Waals surface area (Å²) in [7, 11) is 0. The van der Waals surface area contributed by atoms with Crippen molar-refractivity contribution in [2.24, 2.45) is 0 Å². The van der Waals surface area contributed by atoms with Crippen molar-refractivity contribution in [2.75, 3.05) is 0 Å². The molecule has 0 fully saturated rings. The summed E-state index contributed by atoms with van der Waals surface area (Å²) in [6.45, 7) is 5.44. The predicted molar refractivity (Wildman–Crippen MR) is 62.9 cm³/mol. The molecular formula is C11H14Cl2O2. The van der Waals surface area contributed by atoms with E-state index in [0.717, 1.165) is 0 Å². The molecule has 1 rings (SSSR count). The van der Waals surface area contributed by atoms with Crippen LogP contribution >= 0.6 is 23.2 Å². The highest BCUT2D eigenvalue weighted by molar-refractivity contribution is 6.37. The third-order valence-electron chi connectivity index (χ3n) is 1.87.